The summed E-state index contributed by atoms with van der Waals surface area (Å²) >= 11 is 0. The average Bonchev–Trinajstić information content (AvgIpc) is 3.02. The Bertz CT molecular complexity index is 853. The Morgan fingerprint density at radius 2 is 1.81 bits per heavy atom. The molecule has 0 amide bonds. The zero-order valence-electron chi connectivity index (χ0n) is 14.6. The molecule has 1 aliphatic heterocycles. The van der Waals surface area contributed by atoms with Crippen LogP contribution in [0.15, 0.2) is 84.5 Å². The fraction of sp³-hybridized carbons (Fsp3) is 0.136. The van der Waals surface area contributed by atoms with Gasteiger partial charge in [-0.15, -0.1) is 5.06 Å². The van der Waals surface area contributed by atoms with E-state index in [2.05, 4.69) is 0 Å². The van der Waals surface area contributed by atoms with Crippen LogP contribution in [0.2, 0.25) is 0 Å². The van der Waals surface area contributed by atoms with Gasteiger partial charge in [0.05, 0.1) is 18.2 Å². The van der Waals surface area contributed by atoms with Gasteiger partial charge in [-0.05, 0) is 13.0 Å². The molecule has 0 bridgehead atoms. The van der Waals surface area contributed by atoms with Crippen LogP contribution < -0.4 is 0 Å². The van der Waals surface area contributed by atoms with Crippen molar-refractivity contribution in [2.75, 3.05) is 0 Å². The third-order valence-electron chi connectivity index (χ3n) is 4.18. The zero-order chi connectivity index (χ0) is 18.4. The number of para-hydroxylation sites is 1. The second kappa shape index (κ2) is 8.32. The number of carbonyl (C=O) groups excluding carboxylic acids is 1. The van der Waals surface area contributed by atoms with Crippen molar-refractivity contribution in [3.05, 3.63) is 95.6 Å². The highest BCUT2D eigenvalue weighted by Crippen LogP contribution is 2.34. The molecule has 1 heterocycles. The van der Waals surface area contributed by atoms with E-state index in [1.807, 2.05) is 73.7 Å². The summed E-state index contributed by atoms with van der Waals surface area (Å²) in [6.45, 7) is 2.28. The van der Waals surface area contributed by atoms with Crippen molar-refractivity contribution in [2.45, 2.75) is 19.5 Å². The normalized spacial score (nSPS) is 18.0. The first-order valence-corrected chi connectivity index (χ1v) is 8.50. The van der Waals surface area contributed by atoms with Crippen LogP contribution in [0, 0.1) is 0 Å². The molecule has 0 aromatic heterocycles. The number of aromatic hydroxyl groups is 1. The van der Waals surface area contributed by atoms with Gasteiger partial charge in [0.25, 0.3) is 0 Å². The molecule has 2 aromatic carbocycles. The van der Waals surface area contributed by atoms with Gasteiger partial charge in [-0.1, -0.05) is 72.8 Å². The van der Waals surface area contributed by atoms with Crippen LogP contribution >= 0.6 is 0 Å². The van der Waals surface area contributed by atoms with Crippen LogP contribution in [0.4, 0.5) is 0 Å². The monoisotopic (exact) mass is 347 g/mol. The van der Waals surface area contributed by atoms with Gasteiger partial charge in [0.1, 0.15) is 5.75 Å². The topological polar surface area (TPSA) is 49.8 Å². The number of benzene rings is 2. The van der Waals surface area contributed by atoms with E-state index in [9.17, 15) is 9.90 Å². The lowest BCUT2D eigenvalue weighted by molar-refractivity contribution is -0.107. The van der Waals surface area contributed by atoms with Crippen LogP contribution in [0.1, 0.15) is 18.1 Å². The molecule has 26 heavy (non-hydrogen) atoms. The summed E-state index contributed by atoms with van der Waals surface area (Å²) in [5.41, 5.74) is 2.14. The van der Waals surface area contributed by atoms with Crippen molar-refractivity contribution in [3.8, 4) is 5.75 Å². The number of aldehydes is 1. The molecule has 0 radical (unpaired) electrons. The number of nitrogens with zero attached hydrogens (tertiary/aromatic N) is 1. The summed E-state index contributed by atoms with van der Waals surface area (Å²) in [5, 5.41) is 11.8. The fourth-order valence-electron chi connectivity index (χ4n) is 2.87. The molecule has 0 aliphatic carbocycles. The Labute approximate surface area is 153 Å². The average molecular weight is 347 g/mol. The molecular formula is C22H21NO3. The van der Waals surface area contributed by atoms with E-state index >= 15 is 0 Å². The molecule has 0 spiro atoms. The van der Waals surface area contributed by atoms with Crippen molar-refractivity contribution >= 4 is 12.0 Å². The summed E-state index contributed by atoms with van der Waals surface area (Å²) in [6, 6.07) is 16.3. The number of rotatable bonds is 6. The third-order valence-corrected chi connectivity index (χ3v) is 4.18. The van der Waals surface area contributed by atoms with E-state index < -0.39 is 0 Å². The highest BCUT2D eigenvalue weighted by Gasteiger charge is 2.34. The second-order valence-corrected chi connectivity index (χ2v) is 5.92. The van der Waals surface area contributed by atoms with E-state index in [1.165, 1.54) is 0 Å². The number of allylic oxidation sites excluding steroid dienone is 3. The minimum absolute atomic E-state index is 0.202. The van der Waals surface area contributed by atoms with Crippen molar-refractivity contribution in [1.82, 2.24) is 5.06 Å². The SMILES string of the molecule is C/C=C/C=C/C1C(C=O)=C(c2ccccc2)ON1Cc1ccccc1O. The van der Waals surface area contributed by atoms with Gasteiger partial charge in [-0.3, -0.25) is 4.79 Å². The first kappa shape index (κ1) is 17.7. The summed E-state index contributed by atoms with van der Waals surface area (Å²) < 4.78 is 0. The number of hydrogen-bond donors (Lipinski definition) is 1. The summed E-state index contributed by atoms with van der Waals surface area (Å²) in [7, 11) is 0. The number of hydroxylamine groups is 2. The molecule has 4 nitrogen and oxygen atoms in total. The molecule has 132 valence electrons. The van der Waals surface area contributed by atoms with Crippen LogP contribution in [-0.2, 0) is 16.2 Å². The quantitative estimate of drug-likeness (QED) is 0.627. The van der Waals surface area contributed by atoms with Crippen LogP contribution in [0.3, 0.4) is 0 Å². The van der Waals surface area contributed by atoms with Crippen molar-refractivity contribution in [2.24, 2.45) is 0 Å². The van der Waals surface area contributed by atoms with Crippen LogP contribution in [-0.4, -0.2) is 22.5 Å². The van der Waals surface area contributed by atoms with Crippen molar-refractivity contribution in [3.63, 3.8) is 0 Å². The van der Waals surface area contributed by atoms with Crippen molar-refractivity contribution in [1.29, 1.82) is 0 Å². The van der Waals surface area contributed by atoms with E-state index in [1.54, 1.807) is 17.2 Å². The maximum atomic E-state index is 11.8. The number of carbonyl (C=O) groups is 1. The first-order valence-electron chi connectivity index (χ1n) is 8.50. The van der Waals surface area contributed by atoms with E-state index in [0.29, 0.717) is 17.9 Å². The Morgan fingerprint density at radius 3 is 2.50 bits per heavy atom. The van der Waals surface area contributed by atoms with Gasteiger partial charge in [0, 0.05) is 11.1 Å². The highest BCUT2D eigenvalue weighted by atomic mass is 16.7. The molecular weight excluding hydrogens is 326 g/mol. The predicted molar refractivity (Wildman–Crippen MR) is 102 cm³/mol. The maximum absolute atomic E-state index is 11.8. The lowest BCUT2D eigenvalue weighted by Gasteiger charge is -2.22. The maximum Gasteiger partial charge on any atom is 0.163 e. The molecule has 0 fully saturated rings. The molecule has 0 saturated heterocycles. The Morgan fingerprint density at radius 1 is 1.08 bits per heavy atom. The number of phenols is 1. The molecule has 4 heteroatoms. The minimum Gasteiger partial charge on any atom is -0.508 e. The molecule has 2 aromatic rings. The highest BCUT2D eigenvalue weighted by molar-refractivity contribution is 5.89. The molecule has 0 saturated carbocycles. The summed E-state index contributed by atoms with van der Waals surface area (Å²) in [5.74, 6) is 0.749. The van der Waals surface area contributed by atoms with E-state index in [0.717, 1.165) is 17.4 Å². The number of phenolic OH excluding ortho intramolecular Hbond substituents is 1. The lowest BCUT2D eigenvalue weighted by Crippen LogP contribution is -2.29. The van der Waals surface area contributed by atoms with Gasteiger partial charge in [0.15, 0.2) is 12.0 Å². The lowest BCUT2D eigenvalue weighted by atomic mass is 10.0. The van der Waals surface area contributed by atoms with Gasteiger partial charge in [-0.25, -0.2) is 0 Å². The van der Waals surface area contributed by atoms with Crippen molar-refractivity contribution < 1.29 is 14.7 Å². The van der Waals surface area contributed by atoms with Gasteiger partial charge in [0.2, 0.25) is 0 Å². The third kappa shape index (κ3) is 3.76. The second-order valence-electron chi connectivity index (χ2n) is 5.92. The molecule has 1 N–H and O–H groups in total. The first-order chi connectivity index (χ1) is 12.7. The smallest absolute Gasteiger partial charge is 0.163 e. The zero-order valence-corrected chi connectivity index (χ0v) is 14.6. The summed E-state index contributed by atoms with van der Waals surface area (Å²) in [6.07, 6.45) is 8.48. The fourth-order valence-corrected chi connectivity index (χ4v) is 2.87. The van der Waals surface area contributed by atoms with Crippen LogP contribution in [0.5, 0.6) is 5.75 Å². The summed E-state index contributed by atoms with van der Waals surface area (Å²) in [4.78, 5) is 17.9. The Kier molecular flexibility index (Phi) is 5.66. The predicted octanol–water partition coefficient (Wildman–Crippen LogP) is 4.25. The Hall–Kier alpha value is -3.11. The van der Waals surface area contributed by atoms with E-state index in [-0.39, 0.29) is 11.8 Å². The van der Waals surface area contributed by atoms with Gasteiger partial charge in [-0.2, -0.15) is 0 Å². The van der Waals surface area contributed by atoms with Crippen LogP contribution in [0.25, 0.3) is 5.76 Å². The molecule has 1 aliphatic rings. The van der Waals surface area contributed by atoms with Gasteiger partial charge < -0.3 is 9.94 Å². The standard InChI is InChI=1S/C22H21NO3/c1-2-3-5-13-20-19(16-24)22(17-10-6-4-7-11-17)26-23(20)15-18-12-8-9-14-21(18)25/h2-14,16,20,25H,15H2,1H3/b3-2+,13-5+. The molecule has 1 unspecified atom stereocenters. The van der Waals surface area contributed by atoms with E-state index in [4.69, 9.17) is 4.84 Å². The Balaban J connectivity index is 1.97. The molecule has 1 atom stereocenters. The minimum atomic E-state index is -0.335. The van der Waals surface area contributed by atoms with Gasteiger partial charge >= 0.3 is 0 Å². The largest absolute Gasteiger partial charge is 0.508 e. The molecule has 3 rings (SSSR count). The number of hydrogen-bond acceptors (Lipinski definition) is 4.